The third kappa shape index (κ3) is 5.82. The van der Waals surface area contributed by atoms with Crippen LogP contribution in [-0.4, -0.2) is 20.9 Å². The van der Waals surface area contributed by atoms with Crippen molar-refractivity contribution >= 4 is 38.9 Å². The van der Waals surface area contributed by atoms with Gasteiger partial charge in [-0.1, -0.05) is 29.3 Å². The summed E-state index contributed by atoms with van der Waals surface area (Å²) in [4.78, 5) is 12.4. The number of halogens is 5. The zero-order chi connectivity index (χ0) is 24.4. The maximum atomic E-state index is 13.3. The van der Waals surface area contributed by atoms with Crippen molar-refractivity contribution in [3.8, 4) is 0 Å². The summed E-state index contributed by atoms with van der Waals surface area (Å²) in [5.74, 6) is -1.57. The molecule has 3 rings (SSSR count). The highest BCUT2D eigenvalue weighted by Crippen LogP contribution is 2.34. The molecule has 3 aromatic carbocycles. The van der Waals surface area contributed by atoms with Gasteiger partial charge in [0.2, 0.25) is 5.91 Å². The van der Waals surface area contributed by atoms with Crippen LogP contribution in [0.15, 0.2) is 71.6 Å². The largest absolute Gasteiger partial charge is 0.416 e. The Morgan fingerprint density at radius 1 is 1.00 bits per heavy atom. The van der Waals surface area contributed by atoms with Crippen LogP contribution in [0.5, 0.6) is 0 Å². The van der Waals surface area contributed by atoms with Crippen molar-refractivity contribution in [3.63, 3.8) is 0 Å². The Kier molecular flexibility index (Phi) is 6.99. The van der Waals surface area contributed by atoms with Gasteiger partial charge in [0.05, 0.1) is 26.9 Å². The number of anilines is 2. The Bertz CT molecular complexity index is 1260. The van der Waals surface area contributed by atoms with Gasteiger partial charge >= 0.3 is 6.18 Å². The fraction of sp³-hybridized carbons (Fsp3) is 0.136. The van der Waals surface area contributed by atoms with E-state index in [4.69, 9.17) is 11.6 Å². The fourth-order valence-electron chi connectivity index (χ4n) is 2.88. The van der Waals surface area contributed by atoms with Crippen molar-refractivity contribution in [1.82, 2.24) is 0 Å². The first-order valence-electron chi connectivity index (χ1n) is 9.39. The summed E-state index contributed by atoms with van der Waals surface area (Å²) < 4.78 is 79.5. The van der Waals surface area contributed by atoms with E-state index in [0.29, 0.717) is 6.07 Å². The van der Waals surface area contributed by atoms with Crippen LogP contribution in [0.1, 0.15) is 11.1 Å². The van der Waals surface area contributed by atoms with Crippen LogP contribution in [-0.2, 0) is 21.0 Å². The van der Waals surface area contributed by atoms with E-state index >= 15 is 0 Å². The number of sulfonamides is 1. The number of hydrogen-bond acceptors (Lipinski definition) is 3. The highest BCUT2D eigenvalue weighted by atomic mass is 35.5. The number of hydrogen-bond donors (Lipinski definition) is 1. The van der Waals surface area contributed by atoms with Crippen LogP contribution in [0.2, 0.25) is 5.02 Å². The molecule has 0 aromatic heterocycles. The minimum atomic E-state index is -4.66. The van der Waals surface area contributed by atoms with Gasteiger partial charge in [0, 0.05) is 0 Å². The van der Waals surface area contributed by atoms with E-state index in [1.54, 1.807) is 19.1 Å². The topological polar surface area (TPSA) is 66.5 Å². The second-order valence-corrected chi connectivity index (χ2v) is 9.31. The lowest BCUT2D eigenvalue weighted by Crippen LogP contribution is -2.38. The molecule has 3 aromatic rings. The third-order valence-electron chi connectivity index (χ3n) is 4.58. The number of amides is 1. The average Bonchev–Trinajstić information content (AvgIpc) is 2.74. The fourth-order valence-corrected chi connectivity index (χ4v) is 4.46. The van der Waals surface area contributed by atoms with Crippen molar-refractivity contribution in [2.75, 3.05) is 16.2 Å². The number of carbonyl (C=O) groups is 1. The predicted octanol–water partition coefficient (Wildman–Crippen LogP) is 5.64. The molecule has 0 aliphatic rings. The first kappa shape index (κ1) is 24.5. The number of rotatable bonds is 6. The number of benzene rings is 3. The molecule has 11 heteroatoms. The number of nitrogens with zero attached hydrogens (tertiary/aromatic N) is 1. The lowest BCUT2D eigenvalue weighted by molar-refractivity contribution is -0.137. The lowest BCUT2D eigenvalue weighted by atomic mass is 10.2. The highest BCUT2D eigenvalue weighted by Gasteiger charge is 2.32. The highest BCUT2D eigenvalue weighted by molar-refractivity contribution is 7.92. The number of aryl methyl sites for hydroxylation is 1. The number of nitrogens with one attached hydrogen (secondary N) is 1. The first-order chi connectivity index (χ1) is 15.4. The van der Waals surface area contributed by atoms with Gasteiger partial charge in [0.1, 0.15) is 12.4 Å². The molecule has 1 amide bonds. The summed E-state index contributed by atoms with van der Waals surface area (Å²) in [5, 5.41) is 2.08. The quantitative estimate of drug-likeness (QED) is 0.445. The number of carbonyl (C=O) groups excluding carboxylic acids is 1. The van der Waals surface area contributed by atoms with Gasteiger partial charge in [-0.25, -0.2) is 12.8 Å². The van der Waals surface area contributed by atoms with E-state index in [0.717, 1.165) is 46.3 Å². The molecule has 0 unspecified atom stereocenters. The minimum Gasteiger partial charge on any atom is -0.323 e. The lowest BCUT2D eigenvalue weighted by Gasteiger charge is -2.24. The Morgan fingerprint density at radius 2 is 1.61 bits per heavy atom. The summed E-state index contributed by atoms with van der Waals surface area (Å²) in [7, 11) is -4.32. The van der Waals surface area contributed by atoms with Crippen LogP contribution in [0, 0.1) is 12.7 Å². The molecular formula is C22H17ClF4N2O3S. The van der Waals surface area contributed by atoms with E-state index < -0.39 is 40.0 Å². The smallest absolute Gasteiger partial charge is 0.323 e. The molecule has 0 aliphatic heterocycles. The van der Waals surface area contributed by atoms with Crippen molar-refractivity contribution in [1.29, 1.82) is 0 Å². The van der Waals surface area contributed by atoms with Crippen LogP contribution in [0.25, 0.3) is 0 Å². The van der Waals surface area contributed by atoms with Crippen molar-refractivity contribution in [2.24, 2.45) is 0 Å². The molecule has 0 aliphatic carbocycles. The minimum absolute atomic E-state index is 0.134. The molecule has 1 N–H and O–H groups in total. The van der Waals surface area contributed by atoms with Gasteiger partial charge in [-0.2, -0.15) is 13.2 Å². The standard InChI is InChI=1S/C22H17ClF4N2O3S/c1-14-2-7-17(8-3-14)29(33(31,32)18-9-5-16(24)6-10-18)13-21(30)28-20-12-15(22(25,26)27)4-11-19(20)23/h2-12H,13H2,1H3,(H,28,30). The molecule has 0 spiro atoms. The molecule has 0 heterocycles. The number of alkyl halides is 3. The van der Waals surface area contributed by atoms with Crippen molar-refractivity contribution < 1.29 is 30.8 Å². The summed E-state index contributed by atoms with van der Waals surface area (Å²) in [6, 6.07) is 12.6. The van der Waals surface area contributed by atoms with Gasteiger partial charge < -0.3 is 5.32 Å². The molecule has 0 saturated heterocycles. The summed E-state index contributed by atoms with van der Waals surface area (Å²) >= 11 is 5.91. The van der Waals surface area contributed by atoms with Gasteiger partial charge in [-0.05, 0) is 61.5 Å². The third-order valence-corrected chi connectivity index (χ3v) is 6.70. The van der Waals surface area contributed by atoms with Gasteiger partial charge in [0.25, 0.3) is 10.0 Å². The van der Waals surface area contributed by atoms with Gasteiger partial charge in [0.15, 0.2) is 0 Å². The molecule has 33 heavy (non-hydrogen) atoms. The normalized spacial score (nSPS) is 11.8. The zero-order valence-electron chi connectivity index (χ0n) is 17.0. The SMILES string of the molecule is Cc1ccc(N(CC(=O)Nc2cc(C(F)(F)F)ccc2Cl)S(=O)(=O)c2ccc(F)cc2)cc1. The molecule has 0 atom stereocenters. The van der Waals surface area contributed by atoms with E-state index in [1.165, 1.54) is 12.1 Å². The van der Waals surface area contributed by atoms with Crippen molar-refractivity contribution in [3.05, 3.63) is 88.7 Å². The van der Waals surface area contributed by atoms with Crippen LogP contribution < -0.4 is 9.62 Å². The van der Waals surface area contributed by atoms with E-state index in [9.17, 15) is 30.8 Å². The maximum absolute atomic E-state index is 13.3. The van der Waals surface area contributed by atoms with Gasteiger partial charge in [-0.15, -0.1) is 0 Å². The molecular weight excluding hydrogens is 484 g/mol. The van der Waals surface area contributed by atoms with E-state index in [1.807, 2.05) is 0 Å². The molecule has 5 nitrogen and oxygen atoms in total. The second-order valence-electron chi connectivity index (χ2n) is 7.04. The molecule has 0 fully saturated rings. The predicted molar refractivity (Wildman–Crippen MR) is 117 cm³/mol. The van der Waals surface area contributed by atoms with Gasteiger partial charge in [-0.3, -0.25) is 9.10 Å². The van der Waals surface area contributed by atoms with Crippen molar-refractivity contribution in [2.45, 2.75) is 18.0 Å². The van der Waals surface area contributed by atoms with Crippen LogP contribution in [0.3, 0.4) is 0 Å². The monoisotopic (exact) mass is 500 g/mol. The Labute approximate surface area is 192 Å². The molecule has 0 bridgehead atoms. The molecule has 0 saturated carbocycles. The second kappa shape index (κ2) is 9.40. The molecule has 0 radical (unpaired) electrons. The summed E-state index contributed by atoms with van der Waals surface area (Å²) in [6.45, 7) is 1.01. The average molecular weight is 501 g/mol. The summed E-state index contributed by atoms with van der Waals surface area (Å²) in [6.07, 6.45) is -4.66. The Balaban J connectivity index is 1.95. The van der Waals surface area contributed by atoms with E-state index in [2.05, 4.69) is 5.32 Å². The maximum Gasteiger partial charge on any atom is 0.416 e. The summed E-state index contributed by atoms with van der Waals surface area (Å²) in [5.41, 5.74) is -0.385. The Hall–Kier alpha value is -3.11. The van der Waals surface area contributed by atoms with Crippen LogP contribution >= 0.6 is 11.6 Å². The first-order valence-corrected chi connectivity index (χ1v) is 11.2. The van der Waals surface area contributed by atoms with Crippen LogP contribution in [0.4, 0.5) is 28.9 Å². The molecule has 174 valence electrons. The Morgan fingerprint density at radius 3 is 2.18 bits per heavy atom. The van der Waals surface area contributed by atoms with E-state index in [-0.39, 0.29) is 21.3 Å². The zero-order valence-corrected chi connectivity index (χ0v) is 18.6.